The van der Waals surface area contributed by atoms with Gasteiger partial charge in [-0.25, -0.2) is 4.68 Å². The lowest BCUT2D eigenvalue weighted by Gasteiger charge is -2.34. The Hall–Kier alpha value is -2.48. The zero-order valence-corrected chi connectivity index (χ0v) is 21.5. The second kappa shape index (κ2) is 9.05. The van der Waals surface area contributed by atoms with E-state index < -0.39 is 0 Å². The summed E-state index contributed by atoms with van der Waals surface area (Å²) < 4.78 is 2.98. The number of aromatic nitrogens is 2. The Labute approximate surface area is 206 Å². The molecule has 170 valence electrons. The molecule has 1 aliphatic rings. The maximum Gasteiger partial charge on any atom is 0.264 e. The van der Waals surface area contributed by atoms with Crippen LogP contribution in [0.25, 0.3) is 15.9 Å². The number of thiophene rings is 1. The molecular weight excluding hydrogens is 496 g/mol. The molecule has 1 fully saturated rings. The smallest absolute Gasteiger partial charge is 0.264 e. The van der Waals surface area contributed by atoms with Crippen molar-refractivity contribution in [2.75, 3.05) is 26.2 Å². The van der Waals surface area contributed by atoms with Gasteiger partial charge in [0.2, 0.25) is 0 Å². The number of benzene rings is 2. The molecule has 0 bridgehead atoms. The van der Waals surface area contributed by atoms with Crippen LogP contribution in [0.4, 0.5) is 0 Å². The van der Waals surface area contributed by atoms with Gasteiger partial charge in [-0.1, -0.05) is 39.7 Å². The average molecular weight is 524 g/mol. The Morgan fingerprint density at radius 2 is 1.73 bits per heavy atom. The lowest BCUT2D eigenvalue weighted by molar-refractivity contribution is 0.0633. The molecule has 7 heteroatoms. The van der Waals surface area contributed by atoms with E-state index in [9.17, 15) is 4.79 Å². The molecule has 1 aliphatic heterocycles. The standard InChI is InChI=1S/C26H27BrN4OS/c1-17-4-5-20(18(2)14-17)16-29-10-12-30(13-11-29)25(32)24-15-23-19(3)28-31(26(23)33-24)22-8-6-21(27)7-9-22/h4-9,14-15H,10-13,16H2,1-3H3. The predicted molar refractivity (Wildman–Crippen MR) is 138 cm³/mol. The molecule has 0 saturated carbocycles. The minimum atomic E-state index is 0.129. The highest BCUT2D eigenvalue weighted by Gasteiger charge is 2.25. The van der Waals surface area contributed by atoms with Crippen molar-refractivity contribution < 1.29 is 4.79 Å². The van der Waals surface area contributed by atoms with Gasteiger partial charge in [0.05, 0.1) is 16.3 Å². The van der Waals surface area contributed by atoms with Gasteiger partial charge in [0.1, 0.15) is 4.83 Å². The third-order valence-electron chi connectivity index (χ3n) is 6.38. The normalized spacial score (nSPS) is 14.8. The third kappa shape index (κ3) is 4.50. The molecule has 5 nitrogen and oxygen atoms in total. The SMILES string of the molecule is Cc1ccc(CN2CCN(C(=O)c3cc4c(C)nn(-c5ccc(Br)cc5)c4s3)CC2)c(C)c1. The molecule has 33 heavy (non-hydrogen) atoms. The largest absolute Gasteiger partial charge is 0.335 e. The topological polar surface area (TPSA) is 41.4 Å². The monoisotopic (exact) mass is 522 g/mol. The molecule has 1 amide bonds. The minimum absolute atomic E-state index is 0.129. The van der Waals surface area contributed by atoms with E-state index in [4.69, 9.17) is 5.10 Å². The van der Waals surface area contributed by atoms with Crippen molar-refractivity contribution in [3.63, 3.8) is 0 Å². The van der Waals surface area contributed by atoms with Gasteiger partial charge in [-0.05, 0) is 62.2 Å². The van der Waals surface area contributed by atoms with E-state index in [0.29, 0.717) is 0 Å². The second-order valence-electron chi connectivity index (χ2n) is 8.80. The molecule has 0 unspecified atom stereocenters. The highest BCUT2D eigenvalue weighted by Crippen LogP contribution is 2.31. The van der Waals surface area contributed by atoms with Crippen LogP contribution in [0.15, 0.2) is 53.0 Å². The first-order valence-electron chi connectivity index (χ1n) is 11.2. The quantitative estimate of drug-likeness (QED) is 0.343. The highest BCUT2D eigenvalue weighted by molar-refractivity contribution is 9.10. The van der Waals surface area contributed by atoms with Crippen LogP contribution in [-0.4, -0.2) is 51.7 Å². The van der Waals surface area contributed by atoms with E-state index in [-0.39, 0.29) is 5.91 Å². The number of amides is 1. The lowest BCUT2D eigenvalue weighted by atomic mass is 10.1. The van der Waals surface area contributed by atoms with Crippen molar-refractivity contribution >= 4 is 43.4 Å². The molecule has 2 aromatic heterocycles. The molecule has 0 atom stereocenters. The number of hydrogen-bond donors (Lipinski definition) is 0. The van der Waals surface area contributed by atoms with Gasteiger partial charge < -0.3 is 4.90 Å². The van der Waals surface area contributed by atoms with Crippen molar-refractivity contribution in [3.8, 4) is 5.69 Å². The molecule has 3 heterocycles. The molecule has 0 aliphatic carbocycles. The highest BCUT2D eigenvalue weighted by atomic mass is 79.9. The van der Waals surface area contributed by atoms with E-state index in [1.807, 2.05) is 46.8 Å². The van der Waals surface area contributed by atoms with Gasteiger partial charge in [0.25, 0.3) is 5.91 Å². The zero-order valence-electron chi connectivity index (χ0n) is 19.1. The van der Waals surface area contributed by atoms with Gasteiger partial charge in [-0.2, -0.15) is 5.10 Å². The summed E-state index contributed by atoms with van der Waals surface area (Å²) in [5.41, 5.74) is 5.96. The van der Waals surface area contributed by atoms with E-state index >= 15 is 0 Å². The first-order valence-corrected chi connectivity index (χ1v) is 12.8. The number of nitrogens with zero attached hydrogens (tertiary/aromatic N) is 4. The second-order valence-corrected chi connectivity index (χ2v) is 10.7. The number of hydrogen-bond acceptors (Lipinski definition) is 4. The van der Waals surface area contributed by atoms with E-state index in [2.05, 4.69) is 52.9 Å². The first-order chi connectivity index (χ1) is 15.9. The third-order valence-corrected chi connectivity index (χ3v) is 8.01. The van der Waals surface area contributed by atoms with Crippen LogP contribution in [-0.2, 0) is 6.54 Å². The van der Waals surface area contributed by atoms with Crippen LogP contribution < -0.4 is 0 Å². The summed E-state index contributed by atoms with van der Waals surface area (Å²) in [6, 6.07) is 16.8. The Morgan fingerprint density at radius 3 is 2.42 bits per heavy atom. The van der Waals surface area contributed by atoms with Crippen molar-refractivity contribution in [2.45, 2.75) is 27.3 Å². The predicted octanol–water partition coefficient (Wildman–Crippen LogP) is 5.73. The Bertz CT molecular complexity index is 1320. The molecule has 4 aromatic rings. The lowest BCUT2D eigenvalue weighted by Crippen LogP contribution is -2.48. The van der Waals surface area contributed by atoms with Crippen LogP contribution in [0, 0.1) is 20.8 Å². The molecule has 2 aromatic carbocycles. The van der Waals surface area contributed by atoms with Gasteiger partial charge in [-0.3, -0.25) is 9.69 Å². The van der Waals surface area contributed by atoms with E-state index in [1.165, 1.54) is 28.0 Å². The summed E-state index contributed by atoms with van der Waals surface area (Å²) >= 11 is 5.02. The fourth-order valence-corrected chi connectivity index (χ4v) is 5.85. The number of piperazine rings is 1. The van der Waals surface area contributed by atoms with Gasteiger partial charge in [-0.15, -0.1) is 11.3 Å². The van der Waals surface area contributed by atoms with Crippen LogP contribution in [0.3, 0.4) is 0 Å². The number of carbonyl (C=O) groups excluding carboxylic acids is 1. The van der Waals surface area contributed by atoms with Gasteiger partial charge in [0.15, 0.2) is 0 Å². The Kier molecular flexibility index (Phi) is 6.12. The molecule has 1 saturated heterocycles. The summed E-state index contributed by atoms with van der Waals surface area (Å²) in [6.45, 7) is 10.6. The molecule has 0 N–H and O–H groups in total. The summed E-state index contributed by atoms with van der Waals surface area (Å²) in [6.07, 6.45) is 0. The zero-order chi connectivity index (χ0) is 23.1. The van der Waals surface area contributed by atoms with Crippen LogP contribution in [0.1, 0.15) is 32.1 Å². The molecule has 0 spiro atoms. The van der Waals surface area contributed by atoms with E-state index in [1.54, 1.807) is 0 Å². The first kappa shape index (κ1) is 22.3. The number of carbonyl (C=O) groups is 1. The average Bonchev–Trinajstić information content (AvgIpc) is 3.37. The maximum atomic E-state index is 13.3. The van der Waals surface area contributed by atoms with Crippen molar-refractivity contribution in [1.29, 1.82) is 0 Å². The molecular formula is C26H27BrN4OS. The summed E-state index contributed by atoms with van der Waals surface area (Å²) in [4.78, 5) is 19.6. The number of fused-ring (bicyclic) bond motifs is 1. The summed E-state index contributed by atoms with van der Waals surface area (Å²) in [7, 11) is 0. The summed E-state index contributed by atoms with van der Waals surface area (Å²) in [5, 5.41) is 5.76. The summed E-state index contributed by atoms with van der Waals surface area (Å²) in [5.74, 6) is 0.129. The van der Waals surface area contributed by atoms with Crippen LogP contribution in [0.2, 0.25) is 0 Å². The van der Waals surface area contributed by atoms with Gasteiger partial charge >= 0.3 is 0 Å². The van der Waals surface area contributed by atoms with E-state index in [0.717, 1.165) is 63.7 Å². The van der Waals surface area contributed by atoms with Crippen molar-refractivity contribution in [1.82, 2.24) is 19.6 Å². The Balaban J connectivity index is 1.29. The molecule has 0 radical (unpaired) electrons. The fraction of sp³-hybridized carbons (Fsp3) is 0.308. The Morgan fingerprint density at radius 1 is 1.00 bits per heavy atom. The van der Waals surface area contributed by atoms with Crippen molar-refractivity contribution in [2.24, 2.45) is 0 Å². The fourth-order valence-electron chi connectivity index (χ4n) is 4.44. The number of rotatable bonds is 4. The van der Waals surface area contributed by atoms with Crippen LogP contribution >= 0.6 is 27.3 Å². The minimum Gasteiger partial charge on any atom is -0.335 e. The molecule has 5 rings (SSSR count). The van der Waals surface area contributed by atoms with Crippen molar-refractivity contribution in [3.05, 3.63) is 80.3 Å². The van der Waals surface area contributed by atoms with Gasteiger partial charge in [0, 0.05) is 42.6 Å². The maximum absolute atomic E-state index is 13.3. The number of halogens is 1. The van der Waals surface area contributed by atoms with Crippen LogP contribution in [0.5, 0.6) is 0 Å². The number of aryl methyl sites for hydroxylation is 3.